The second-order valence-electron chi connectivity index (χ2n) is 7.58. The molecule has 1 unspecified atom stereocenters. The Morgan fingerprint density at radius 2 is 2.04 bits per heavy atom. The molecule has 6 heteroatoms. The molecule has 0 bridgehead atoms. The van der Waals surface area contributed by atoms with Gasteiger partial charge in [-0.25, -0.2) is 4.68 Å². The summed E-state index contributed by atoms with van der Waals surface area (Å²) in [7, 11) is 0. The number of aromatic nitrogens is 2. The van der Waals surface area contributed by atoms with E-state index in [1.807, 2.05) is 10.7 Å². The topological polar surface area (TPSA) is 59.0 Å². The van der Waals surface area contributed by atoms with Gasteiger partial charge in [0.2, 0.25) is 5.91 Å². The van der Waals surface area contributed by atoms with Gasteiger partial charge in [-0.1, -0.05) is 28.1 Å². The molecule has 0 aliphatic heterocycles. The number of nitrogens with one attached hydrogen (secondary N) is 2. The zero-order valence-electron chi connectivity index (χ0n) is 15.0. The van der Waals surface area contributed by atoms with Crippen LogP contribution in [-0.4, -0.2) is 22.2 Å². The van der Waals surface area contributed by atoms with Crippen LogP contribution in [0, 0.1) is 5.92 Å². The van der Waals surface area contributed by atoms with Gasteiger partial charge in [0, 0.05) is 16.1 Å². The van der Waals surface area contributed by atoms with Crippen molar-refractivity contribution in [3.63, 3.8) is 0 Å². The fourth-order valence-corrected chi connectivity index (χ4v) is 4.08. The van der Waals surface area contributed by atoms with Gasteiger partial charge in [0.05, 0.1) is 18.8 Å². The molecule has 138 valence electrons. The molecule has 2 aromatic rings. The fourth-order valence-electron chi connectivity index (χ4n) is 3.82. The Hall–Kier alpha value is -1.66. The molecule has 0 spiro atoms. The summed E-state index contributed by atoms with van der Waals surface area (Å²) in [5, 5.41) is 10.9. The summed E-state index contributed by atoms with van der Waals surface area (Å²) in [6.45, 7) is 2.48. The fraction of sp³-hybridized carbons (Fsp3) is 0.500. The summed E-state index contributed by atoms with van der Waals surface area (Å²) in [6.07, 6.45) is 7.60. The summed E-state index contributed by atoms with van der Waals surface area (Å²) >= 11 is 3.49. The van der Waals surface area contributed by atoms with E-state index in [1.54, 1.807) is 6.20 Å². The maximum absolute atomic E-state index is 12.5. The molecule has 2 N–H and O–H groups in total. The second-order valence-corrected chi connectivity index (χ2v) is 8.50. The highest BCUT2D eigenvalue weighted by Crippen LogP contribution is 2.42. The third-order valence-electron chi connectivity index (χ3n) is 5.82. The zero-order valence-corrected chi connectivity index (χ0v) is 16.6. The lowest BCUT2D eigenvalue weighted by atomic mass is 9.72. The largest absolute Gasteiger partial charge is 0.310 e. The molecule has 1 atom stereocenters. The first-order chi connectivity index (χ1) is 12.6. The van der Waals surface area contributed by atoms with Crippen LogP contribution in [0.1, 0.15) is 50.6 Å². The lowest BCUT2D eigenvalue weighted by Gasteiger charge is -2.43. The number of hydrogen-bond donors (Lipinski definition) is 2. The zero-order chi connectivity index (χ0) is 18.1. The lowest BCUT2D eigenvalue weighted by molar-refractivity contribution is -0.116. The van der Waals surface area contributed by atoms with E-state index in [-0.39, 0.29) is 11.4 Å². The van der Waals surface area contributed by atoms with Gasteiger partial charge >= 0.3 is 0 Å². The van der Waals surface area contributed by atoms with E-state index in [2.05, 4.69) is 62.9 Å². The number of nitrogens with zero attached hydrogens (tertiary/aromatic N) is 2. The van der Waals surface area contributed by atoms with Crippen molar-refractivity contribution in [2.24, 2.45) is 5.92 Å². The normalized spacial score (nSPS) is 19.6. The van der Waals surface area contributed by atoms with Crippen LogP contribution in [0.2, 0.25) is 0 Å². The molecular weight excluding hydrogens is 392 g/mol. The van der Waals surface area contributed by atoms with E-state index < -0.39 is 0 Å². The molecular formula is C20H25BrN4O. The average molecular weight is 417 g/mol. The SMILES string of the molecule is CC(C1CC1)n1nccc1NC(=O)CNC1(c2ccc(Br)cc2)CCC1. The predicted octanol–water partition coefficient (Wildman–Crippen LogP) is 4.22. The van der Waals surface area contributed by atoms with Crippen LogP contribution in [0.4, 0.5) is 5.82 Å². The molecule has 2 saturated carbocycles. The van der Waals surface area contributed by atoms with E-state index >= 15 is 0 Å². The minimum Gasteiger partial charge on any atom is -0.310 e. The number of rotatable bonds is 7. The summed E-state index contributed by atoms with van der Waals surface area (Å²) in [4.78, 5) is 12.5. The number of amides is 1. The molecule has 2 aliphatic rings. The first-order valence-corrected chi connectivity index (χ1v) is 10.2. The predicted molar refractivity (Wildman–Crippen MR) is 106 cm³/mol. The highest BCUT2D eigenvalue weighted by atomic mass is 79.9. The highest BCUT2D eigenvalue weighted by molar-refractivity contribution is 9.10. The summed E-state index contributed by atoms with van der Waals surface area (Å²) in [6, 6.07) is 10.6. The summed E-state index contributed by atoms with van der Waals surface area (Å²) < 4.78 is 3.02. The van der Waals surface area contributed by atoms with Crippen LogP contribution in [-0.2, 0) is 10.3 Å². The Kier molecular flexibility index (Phi) is 4.88. The summed E-state index contributed by atoms with van der Waals surface area (Å²) in [5.74, 6) is 1.47. The van der Waals surface area contributed by atoms with E-state index in [0.717, 1.165) is 23.1 Å². The van der Waals surface area contributed by atoms with Crippen molar-refractivity contribution in [1.82, 2.24) is 15.1 Å². The van der Waals surface area contributed by atoms with Crippen molar-refractivity contribution < 1.29 is 4.79 Å². The highest BCUT2D eigenvalue weighted by Gasteiger charge is 2.38. The molecule has 1 aromatic heterocycles. The molecule has 2 fully saturated rings. The van der Waals surface area contributed by atoms with E-state index in [9.17, 15) is 4.79 Å². The van der Waals surface area contributed by atoms with Gasteiger partial charge in [0.15, 0.2) is 0 Å². The minimum absolute atomic E-state index is 0.0156. The molecule has 0 saturated heterocycles. The monoisotopic (exact) mass is 416 g/mol. The standard InChI is InChI=1S/C20H25BrN4O/c1-14(15-3-4-15)25-18(9-12-23-25)24-19(26)13-22-20(10-2-11-20)16-5-7-17(21)8-6-16/h5-9,12,14-15,22H,2-4,10-11,13H2,1H3,(H,24,26). The van der Waals surface area contributed by atoms with Gasteiger partial charge in [-0.2, -0.15) is 5.10 Å². The van der Waals surface area contributed by atoms with Gasteiger partial charge in [-0.15, -0.1) is 0 Å². The number of anilines is 1. The van der Waals surface area contributed by atoms with Crippen LogP contribution < -0.4 is 10.6 Å². The third-order valence-corrected chi connectivity index (χ3v) is 6.35. The van der Waals surface area contributed by atoms with Gasteiger partial charge in [0.1, 0.15) is 5.82 Å². The van der Waals surface area contributed by atoms with Crippen molar-refractivity contribution >= 4 is 27.7 Å². The quantitative estimate of drug-likeness (QED) is 0.709. The Morgan fingerprint density at radius 1 is 1.31 bits per heavy atom. The van der Waals surface area contributed by atoms with Crippen LogP contribution in [0.5, 0.6) is 0 Å². The van der Waals surface area contributed by atoms with E-state index in [4.69, 9.17) is 0 Å². The van der Waals surface area contributed by atoms with Crippen LogP contribution in [0.15, 0.2) is 41.0 Å². The van der Waals surface area contributed by atoms with Crippen molar-refractivity contribution in [2.45, 2.75) is 50.6 Å². The molecule has 26 heavy (non-hydrogen) atoms. The second kappa shape index (κ2) is 7.16. The molecule has 1 amide bonds. The molecule has 4 rings (SSSR count). The minimum atomic E-state index is -0.0699. The Morgan fingerprint density at radius 3 is 2.65 bits per heavy atom. The molecule has 1 heterocycles. The molecule has 5 nitrogen and oxygen atoms in total. The van der Waals surface area contributed by atoms with Gasteiger partial charge in [0.25, 0.3) is 0 Å². The van der Waals surface area contributed by atoms with Crippen LogP contribution >= 0.6 is 15.9 Å². The van der Waals surface area contributed by atoms with E-state index in [0.29, 0.717) is 18.5 Å². The number of benzene rings is 1. The lowest BCUT2D eigenvalue weighted by Crippen LogP contribution is -2.50. The average Bonchev–Trinajstić information content (AvgIpc) is 3.35. The third kappa shape index (κ3) is 3.58. The van der Waals surface area contributed by atoms with Gasteiger partial charge in [-0.3, -0.25) is 10.1 Å². The Labute approximate surface area is 162 Å². The Balaban J connectivity index is 1.38. The maximum atomic E-state index is 12.5. The number of hydrogen-bond acceptors (Lipinski definition) is 3. The first-order valence-electron chi connectivity index (χ1n) is 9.42. The van der Waals surface area contributed by atoms with Crippen molar-refractivity contribution in [3.8, 4) is 0 Å². The van der Waals surface area contributed by atoms with Gasteiger partial charge < -0.3 is 5.32 Å². The van der Waals surface area contributed by atoms with E-state index in [1.165, 1.54) is 24.8 Å². The molecule has 2 aliphatic carbocycles. The molecule has 1 aromatic carbocycles. The van der Waals surface area contributed by atoms with Crippen molar-refractivity contribution in [1.29, 1.82) is 0 Å². The van der Waals surface area contributed by atoms with Crippen molar-refractivity contribution in [3.05, 3.63) is 46.6 Å². The number of halogens is 1. The molecule has 0 radical (unpaired) electrons. The first kappa shape index (κ1) is 17.7. The van der Waals surface area contributed by atoms with Gasteiger partial charge in [-0.05, 0) is 62.6 Å². The summed E-state index contributed by atoms with van der Waals surface area (Å²) in [5.41, 5.74) is 1.19. The number of carbonyl (C=O) groups is 1. The maximum Gasteiger partial charge on any atom is 0.239 e. The van der Waals surface area contributed by atoms with Crippen LogP contribution in [0.3, 0.4) is 0 Å². The number of carbonyl (C=O) groups excluding carboxylic acids is 1. The van der Waals surface area contributed by atoms with Crippen LogP contribution in [0.25, 0.3) is 0 Å². The van der Waals surface area contributed by atoms with Crippen molar-refractivity contribution in [2.75, 3.05) is 11.9 Å². The smallest absolute Gasteiger partial charge is 0.239 e. The Bertz CT molecular complexity index is 777.